The van der Waals surface area contributed by atoms with Crippen LogP contribution in [0.5, 0.6) is 11.5 Å². The molecule has 138 valence electrons. The van der Waals surface area contributed by atoms with E-state index in [1.165, 1.54) is 11.6 Å². The highest BCUT2D eigenvalue weighted by atomic mass is 16.3. The molecule has 2 aromatic rings. The number of benzene rings is 2. The third-order valence-corrected chi connectivity index (χ3v) is 4.64. The standard InChI is InChI=1S/C22H27NO3/c1-5-20(19-9-10-21(25)16(4)22(19)26)23-13-18(24)12-15(3)17-8-6-7-14(2)11-17/h6-11,15,25-26H,5,12-13H2,1-4H3. The molecule has 2 N–H and O–H groups in total. The summed E-state index contributed by atoms with van der Waals surface area (Å²) in [4.78, 5) is 16.8. The first-order chi connectivity index (χ1) is 12.3. The minimum absolute atomic E-state index is 0.0196. The van der Waals surface area contributed by atoms with Crippen molar-refractivity contribution in [1.29, 1.82) is 0 Å². The summed E-state index contributed by atoms with van der Waals surface area (Å²) in [5.74, 6) is 0.280. The van der Waals surface area contributed by atoms with Crippen LogP contribution in [-0.2, 0) is 4.79 Å². The molecule has 1 atom stereocenters. The number of phenols is 2. The van der Waals surface area contributed by atoms with Gasteiger partial charge in [0.05, 0.1) is 6.54 Å². The largest absolute Gasteiger partial charge is 0.508 e. The van der Waals surface area contributed by atoms with E-state index in [2.05, 4.69) is 11.1 Å². The second-order valence-electron chi connectivity index (χ2n) is 6.78. The van der Waals surface area contributed by atoms with E-state index in [0.29, 0.717) is 29.7 Å². The zero-order valence-electron chi connectivity index (χ0n) is 15.9. The van der Waals surface area contributed by atoms with Crippen molar-refractivity contribution < 1.29 is 15.0 Å². The SMILES string of the molecule is CCC(=NCC(=O)CC(C)c1cccc(C)c1)c1ccc(O)c(C)c1O. The normalized spacial score (nSPS) is 12.8. The molecule has 0 amide bonds. The lowest BCUT2D eigenvalue weighted by Crippen LogP contribution is -2.10. The third-order valence-electron chi connectivity index (χ3n) is 4.64. The molecule has 0 saturated heterocycles. The Balaban J connectivity index is 2.09. The quantitative estimate of drug-likeness (QED) is 0.710. The van der Waals surface area contributed by atoms with Crippen molar-refractivity contribution in [2.24, 2.45) is 4.99 Å². The van der Waals surface area contributed by atoms with Gasteiger partial charge in [-0.1, -0.05) is 43.7 Å². The predicted molar refractivity (Wildman–Crippen MR) is 105 cm³/mol. The lowest BCUT2D eigenvalue weighted by atomic mass is 9.94. The van der Waals surface area contributed by atoms with Crippen LogP contribution in [0.4, 0.5) is 0 Å². The Kier molecular flexibility index (Phi) is 6.56. The van der Waals surface area contributed by atoms with E-state index >= 15 is 0 Å². The molecule has 0 saturated carbocycles. The molecular weight excluding hydrogens is 326 g/mol. The first-order valence-corrected chi connectivity index (χ1v) is 8.97. The number of rotatable bonds is 7. The fraction of sp³-hybridized carbons (Fsp3) is 0.364. The Bertz CT molecular complexity index is 824. The number of hydrogen-bond acceptors (Lipinski definition) is 4. The summed E-state index contributed by atoms with van der Waals surface area (Å²) in [7, 11) is 0. The molecular formula is C22H27NO3. The van der Waals surface area contributed by atoms with Gasteiger partial charge in [-0.2, -0.15) is 0 Å². The van der Waals surface area contributed by atoms with Crippen LogP contribution in [0, 0.1) is 13.8 Å². The Hall–Kier alpha value is -2.62. The lowest BCUT2D eigenvalue weighted by Gasteiger charge is -2.12. The number of ketones is 1. The topological polar surface area (TPSA) is 69.9 Å². The fourth-order valence-electron chi connectivity index (χ4n) is 2.99. The first-order valence-electron chi connectivity index (χ1n) is 8.97. The van der Waals surface area contributed by atoms with Crippen molar-refractivity contribution in [3.05, 3.63) is 58.7 Å². The minimum atomic E-state index is 0.0196. The minimum Gasteiger partial charge on any atom is -0.508 e. The molecule has 0 radical (unpaired) electrons. The molecule has 0 fully saturated rings. The highest BCUT2D eigenvalue weighted by Gasteiger charge is 2.14. The summed E-state index contributed by atoms with van der Waals surface area (Å²) < 4.78 is 0. The van der Waals surface area contributed by atoms with Crippen LogP contribution in [0.15, 0.2) is 41.4 Å². The maximum absolute atomic E-state index is 12.4. The second-order valence-corrected chi connectivity index (χ2v) is 6.78. The van der Waals surface area contributed by atoms with Crippen LogP contribution in [0.3, 0.4) is 0 Å². The fourth-order valence-corrected chi connectivity index (χ4v) is 2.99. The molecule has 0 spiro atoms. The van der Waals surface area contributed by atoms with Crippen LogP contribution in [0.2, 0.25) is 0 Å². The van der Waals surface area contributed by atoms with Crippen molar-refractivity contribution in [2.75, 3.05) is 6.54 Å². The molecule has 1 unspecified atom stereocenters. The van der Waals surface area contributed by atoms with Gasteiger partial charge in [0.1, 0.15) is 11.5 Å². The summed E-state index contributed by atoms with van der Waals surface area (Å²) in [6, 6.07) is 11.4. The molecule has 4 nitrogen and oxygen atoms in total. The highest BCUT2D eigenvalue weighted by molar-refractivity contribution is 6.04. The number of phenolic OH excluding ortho intramolecular Hbond substituents is 2. The molecule has 0 aliphatic carbocycles. The Morgan fingerprint density at radius 1 is 1.15 bits per heavy atom. The van der Waals surface area contributed by atoms with E-state index in [1.54, 1.807) is 13.0 Å². The van der Waals surface area contributed by atoms with Crippen LogP contribution in [-0.4, -0.2) is 28.3 Å². The first kappa shape index (κ1) is 19.7. The summed E-state index contributed by atoms with van der Waals surface area (Å²) in [5, 5.41) is 19.9. The monoisotopic (exact) mass is 353 g/mol. The Morgan fingerprint density at radius 2 is 1.88 bits per heavy atom. The molecule has 2 rings (SSSR count). The number of hydrogen-bond donors (Lipinski definition) is 2. The average molecular weight is 353 g/mol. The van der Waals surface area contributed by atoms with Crippen LogP contribution in [0.25, 0.3) is 0 Å². The van der Waals surface area contributed by atoms with Gasteiger partial charge in [-0.3, -0.25) is 9.79 Å². The van der Waals surface area contributed by atoms with Crippen molar-refractivity contribution >= 4 is 11.5 Å². The summed E-state index contributed by atoms with van der Waals surface area (Å²) >= 11 is 0. The summed E-state index contributed by atoms with van der Waals surface area (Å²) in [6.45, 7) is 7.77. The maximum atomic E-state index is 12.4. The van der Waals surface area contributed by atoms with Crippen molar-refractivity contribution in [3.63, 3.8) is 0 Å². The van der Waals surface area contributed by atoms with Crippen LogP contribution >= 0.6 is 0 Å². The summed E-state index contributed by atoms with van der Waals surface area (Å²) in [6.07, 6.45) is 1.03. The zero-order chi connectivity index (χ0) is 19.3. The van der Waals surface area contributed by atoms with Crippen LogP contribution in [0.1, 0.15) is 54.9 Å². The average Bonchev–Trinajstić information content (AvgIpc) is 2.61. The van der Waals surface area contributed by atoms with E-state index in [4.69, 9.17) is 0 Å². The molecule has 0 aliphatic heterocycles. The molecule has 2 aromatic carbocycles. The zero-order valence-corrected chi connectivity index (χ0v) is 15.9. The number of carbonyl (C=O) groups is 1. The van der Waals surface area contributed by atoms with Crippen molar-refractivity contribution in [3.8, 4) is 11.5 Å². The molecule has 0 bridgehead atoms. The Morgan fingerprint density at radius 3 is 2.54 bits per heavy atom. The number of Topliss-reactive ketones (excluding diaryl/α,β-unsaturated/α-hetero) is 1. The van der Waals surface area contributed by atoms with Gasteiger partial charge in [0.25, 0.3) is 0 Å². The van der Waals surface area contributed by atoms with Gasteiger partial charge < -0.3 is 10.2 Å². The number of aliphatic imine (C=N–C) groups is 1. The predicted octanol–water partition coefficient (Wildman–Crippen LogP) is 4.68. The maximum Gasteiger partial charge on any atom is 0.154 e. The molecule has 26 heavy (non-hydrogen) atoms. The Labute approximate surface area is 155 Å². The van der Waals surface area contributed by atoms with E-state index in [0.717, 1.165) is 5.56 Å². The molecule has 0 aromatic heterocycles. The highest BCUT2D eigenvalue weighted by Crippen LogP contribution is 2.30. The number of aryl methyl sites for hydroxylation is 1. The third kappa shape index (κ3) is 4.72. The number of aromatic hydroxyl groups is 2. The summed E-state index contributed by atoms with van der Waals surface area (Å²) in [5.41, 5.74) is 4.00. The van der Waals surface area contributed by atoms with Crippen molar-refractivity contribution in [2.45, 2.75) is 46.5 Å². The smallest absolute Gasteiger partial charge is 0.154 e. The van der Waals surface area contributed by atoms with E-state index < -0.39 is 0 Å². The van der Waals surface area contributed by atoms with Gasteiger partial charge in [-0.05, 0) is 43.9 Å². The van der Waals surface area contributed by atoms with E-state index in [9.17, 15) is 15.0 Å². The van der Waals surface area contributed by atoms with Gasteiger partial charge >= 0.3 is 0 Å². The van der Waals surface area contributed by atoms with Gasteiger partial charge in [0.15, 0.2) is 5.78 Å². The van der Waals surface area contributed by atoms with Gasteiger partial charge in [0.2, 0.25) is 0 Å². The molecule has 0 aliphatic rings. The van der Waals surface area contributed by atoms with Gasteiger partial charge in [-0.25, -0.2) is 0 Å². The van der Waals surface area contributed by atoms with Gasteiger partial charge in [0, 0.05) is 23.3 Å². The molecule has 4 heteroatoms. The number of nitrogens with zero attached hydrogens (tertiary/aromatic N) is 1. The second kappa shape index (κ2) is 8.65. The van der Waals surface area contributed by atoms with Gasteiger partial charge in [-0.15, -0.1) is 0 Å². The van der Waals surface area contributed by atoms with E-state index in [1.807, 2.05) is 39.0 Å². The lowest BCUT2D eigenvalue weighted by molar-refractivity contribution is -0.118. The number of carbonyl (C=O) groups excluding carboxylic acids is 1. The van der Waals surface area contributed by atoms with Crippen LogP contribution < -0.4 is 0 Å². The van der Waals surface area contributed by atoms with E-state index in [-0.39, 0.29) is 29.7 Å². The van der Waals surface area contributed by atoms with Crippen molar-refractivity contribution in [1.82, 2.24) is 0 Å². The molecule has 0 heterocycles.